The Hall–Kier alpha value is 0.609. The van der Waals surface area contributed by atoms with Crippen molar-refractivity contribution in [2.24, 2.45) is 0 Å². The van der Waals surface area contributed by atoms with Gasteiger partial charge in [-0.3, -0.25) is 0 Å². The van der Waals surface area contributed by atoms with Crippen molar-refractivity contribution in [3.63, 3.8) is 0 Å². The molecule has 0 heterocycles. The molecule has 0 saturated heterocycles. The van der Waals surface area contributed by atoms with Crippen LogP contribution in [0.15, 0.2) is 0 Å². The molecule has 0 aliphatic rings. The minimum atomic E-state index is 0. The molecule has 2 heteroatoms. The maximum Gasteiger partial charge on any atom is 0 e. The molecule has 0 rings (SSSR count). The molecule has 0 fully saturated rings. The maximum atomic E-state index is 7.44. The Kier molecular flexibility index (Phi) is 20.9. The van der Waals surface area contributed by atoms with Crippen LogP contribution in [0, 0.1) is 6.61 Å². The van der Waals surface area contributed by atoms with Crippen LogP contribution in [-0.4, -0.2) is 5.11 Å². The van der Waals surface area contributed by atoms with Gasteiger partial charge < -0.3 is 5.11 Å². The number of rotatable bonds is 0. The number of hydrogen-bond acceptors (Lipinski definition) is 1. The third-order valence-corrected chi connectivity index (χ3v) is 0. The fourth-order valence-electron chi connectivity index (χ4n) is 0. The van der Waals surface area contributed by atoms with E-state index in [9.17, 15) is 0 Å². The Balaban J connectivity index is 0. The van der Waals surface area contributed by atoms with Gasteiger partial charge in [-0.25, -0.2) is 6.61 Å². The van der Waals surface area contributed by atoms with Gasteiger partial charge in [-0.1, -0.05) is 0 Å². The second-order valence-corrected chi connectivity index (χ2v) is 0.258. The van der Waals surface area contributed by atoms with Crippen LogP contribution in [0.2, 0.25) is 0 Å². The zero-order chi connectivity index (χ0) is 2.71. The van der Waals surface area contributed by atoms with Crippen LogP contribution in [-0.2, 0) is 20.1 Å². The summed E-state index contributed by atoms with van der Waals surface area (Å²) in [5, 5.41) is 7.44. The Morgan fingerprint density at radius 1 is 1.75 bits per heavy atom. The summed E-state index contributed by atoms with van der Waals surface area (Å²) in [6.07, 6.45) is 0. The normalized spacial score (nSPS) is 4.50. The van der Waals surface area contributed by atoms with Crippen molar-refractivity contribution in [1.82, 2.24) is 0 Å². The molecule has 0 atom stereocenters. The molecule has 0 aromatic heterocycles. The molecule has 0 aromatic rings. The maximum absolute atomic E-state index is 7.44. The molecular formula is C2H5IrO-. The zero-order valence-electron chi connectivity index (χ0n) is 2.36. The van der Waals surface area contributed by atoms with E-state index >= 15 is 0 Å². The Labute approximate surface area is 39.4 Å². The van der Waals surface area contributed by atoms with E-state index in [0.717, 1.165) is 6.61 Å². The van der Waals surface area contributed by atoms with E-state index in [1.807, 2.05) is 0 Å². The van der Waals surface area contributed by atoms with Gasteiger partial charge in [0.05, 0.1) is 0 Å². The van der Waals surface area contributed by atoms with Gasteiger partial charge in [0.2, 0.25) is 0 Å². The molecule has 1 N–H and O–H groups in total. The summed E-state index contributed by atoms with van der Waals surface area (Å²) >= 11 is 0. The monoisotopic (exact) mass is 238 g/mol. The van der Waals surface area contributed by atoms with Crippen LogP contribution < -0.4 is 0 Å². The third-order valence-electron chi connectivity index (χ3n) is 0. The van der Waals surface area contributed by atoms with Gasteiger partial charge in [-0.15, -0.1) is 0 Å². The van der Waals surface area contributed by atoms with Crippen LogP contribution in [0.4, 0.5) is 0 Å². The molecule has 1 radical (unpaired) electrons. The summed E-state index contributed by atoms with van der Waals surface area (Å²) in [6, 6.07) is 0. The number of aliphatic hydroxyl groups excluding tert-OH is 1. The van der Waals surface area contributed by atoms with E-state index < -0.39 is 0 Å². The minimum Gasteiger partial charge on any atom is -0.566 e. The molecule has 29 valence electrons. The smallest absolute Gasteiger partial charge is 0 e. The van der Waals surface area contributed by atoms with Gasteiger partial charge in [-0.2, -0.15) is 6.92 Å². The van der Waals surface area contributed by atoms with Crippen LogP contribution in [0.3, 0.4) is 0 Å². The molecule has 0 aliphatic heterocycles. The van der Waals surface area contributed by atoms with Crippen molar-refractivity contribution in [2.75, 3.05) is 0 Å². The number of hydrogen-bond donors (Lipinski definition) is 1. The average molecular weight is 237 g/mol. The van der Waals surface area contributed by atoms with E-state index in [2.05, 4.69) is 0 Å². The van der Waals surface area contributed by atoms with E-state index in [0.29, 0.717) is 0 Å². The quantitative estimate of drug-likeness (QED) is 0.610. The molecule has 4 heavy (non-hydrogen) atoms. The molecule has 0 aromatic carbocycles. The van der Waals surface area contributed by atoms with Crippen molar-refractivity contribution in [1.29, 1.82) is 0 Å². The zero-order valence-corrected chi connectivity index (χ0v) is 4.75. The molecule has 0 bridgehead atoms. The predicted molar refractivity (Wildman–Crippen MR) is 11.9 cm³/mol. The molecule has 0 aliphatic carbocycles. The summed E-state index contributed by atoms with van der Waals surface area (Å²) in [5.41, 5.74) is 0. The summed E-state index contributed by atoms with van der Waals surface area (Å²) in [6.45, 7) is 2.56. The van der Waals surface area contributed by atoms with E-state index in [4.69, 9.17) is 5.11 Å². The first kappa shape index (κ1) is 8.82. The van der Waals surface area contributed by atoms with Crippen LogP contribution >= 0.6 is 0 Å². The first-order chi connectivity index (χ1) is 1.41. The third kappa shape index (κ3) is 18.2. The van der Waals surface area contributed by atoms with Gasteiger partial charge in [-0.05, 0) is 0 Å². The summed E-state index contributed by atoms with van der Waals surface area (Å²) in [4.78, 5) is 0. The van der Waals surface area contributed by atoms with Gasteiger partial charge >= 0.3 is 0 Å². The second-order valence-electron chi connectivity index (χ2n) is 0.258. The van der Waals surface area contributed by atoms with E-state index in [1.165, 1.54) is 0 Å². The largest absolute Gasteiger partial charge is 0.566 e. The molecule has 0 unspecified atom stereocenters. The SMILES string of the molecule is C[CH-]O.[Ir]. The van der Waals surface area contributed by atoms with Crippen LogP contribution in [0.5, 0.6) is 0 Å². The first-order valence-corrected chi connectivity index (χ1v) is 0.836. The van der Waals surface area contributed by atoms with Crippen molar-refractivity contribution in [3.8, 4) is 0 Å². The molecule has 1 nitrogen and oxygen atoms in total. The Bertz CT molecular complexity index is 6.00. The topological polar surface area (TPSA) is 20.2 Å². The minimum absolute atomic E-state index is 0. The van der Waals surface area contributed by atoms with Crippen molar-refractivity contribution in [2.45, 2.75) is 6.92 Å². The first-order valence-electron chi connectivity index (χ1n) is 0.836. The number of aliphatic hydroxyl groups is 1. The van der Waals surface area contributed by atoms with Crippen molar-refractivity contribution < 1.29 is 25.2 Å². The molecular weight excluding hydrogens is 232 g/mol. The van der Waals surface area contributed by atoms with Gasteiger partial charge in [0, 0.05) is 20.1 Å². The van der Waals surface area contributed by atoms with E-state index in [1.54, 1.807) is 6.92 Å². The van der Waals surface area contributed by atoms with E-state index in [-0.39, 0.29) is 20.1 Å². The molecule has 0 spiro atoms. The van der Waals surface area contributed by atoms with Gasteiger partial charge in [0.25, 0.3) is 0 Å². The standard InChI is InChI=1S/C2H5O.Ir/c1-2-3;/h2-3H,1H3;/q-1;. The van der Waals surface area contributed by atoms with Crippen LogP contribution in [0.1, 0.15) is 6.92 Å². The summed E-state index contributed by atoms with van der Waals surface area (Å²) in [5.74, 6) is 0. The van der Waals surface area contributed by atoms with Crippen LogP contribution in [0.25, 0.3) is 0 Å². The molecule has 0 amide bonds. The van der Waals surface area contributed by atoms with Gasteiger partial charge in [0.15, 0.2) is 0 Å². The summed E-state index contributed by atoms with van der Waals surface area (Å²) < 4.78 is 0. The Morgan fingerprint density at radius 3 is 1.75 bits per heavy atom. The van der Waals surface area contributed by atoms with Crippen molar-refractivity contribution >= 4 is 0 Å². The fourth-order valence-corrected chi connectivity index (χ4v) is 0. The molecule has 0 saturated carbocycles. The average Bonchev–Trinajstić information content (AvgIpc) is 0.918. The summed E-state index contributed by atoms with van der Waals surface area (Å²) in [7, 11) is 0. The second kappa shape index (κ2) is 9.49. The fraction of sp³-hybridized carbons (Fsp3) is 0.500. The Morgan fingerprint density at radius 2 is 1.75 bits per heavy atom. The van der Waals surface area contributed by atoms with Gasteiger partial charge in [0.1, 0.15) is 0 Å². The van der Waals surface area contributed by atoms with Crippen molar-refractivity contribution in [3.05, 3.63) is 6.61 Å². The predicted octanol–water partition coefficient (Wildman–Crippen LogP) is 0.538.